The molecule has 0 amide bonds. The maximum Gasteiger partial charge on any atom is 0.310 e. The average Bonchev–Trinajstić information content (AvgIpc) is 2.92. The van der Waals surface area contributed by atoms with Crippen LogP contribution in [0.25, 0.3) is 0 Å². The van der Waals surface area contributed by atoms with Crippen LogP contribution in [0, 0.1) is 5.92 Å². The van der Waals surface area contributed by atoms with Gasteiger partial charge in [0.1, 0.15) is 0 Å². The number of hydrogen-bond acceptors (Lipinski definition) is 2. The van der Waals surface area contributed by atoms with E-state index in [0.29, 0.717) is 6.61 Å². The first-order valence-electron chi connectivity index (χ1n) is 7.06. The third kappa shape index (κ3) is 4.06. The number of ether oxygens (including phenoxy) is 1. The monoisotopic (exact) mass is 262 g/mol. The molecule has 1 aliphatic rings. The molecular formula is C16H22O3. The Bertz CT molecular complexity index is 405. The van der Waals surface area contributed by atoms with Gasteiger partial charge >= 0.3 is 5.97 Å². The zero-order chi connectivity index (χ0) is 13.7. The van der Waals surface area contributed by atoms with Gasteiger partial charge in [0.05, 0.1) is 12.5 Å². The summed E-state index contributed by atoms with van der Waals surface area (Å²) in [6.45, 7) is 3.18. The second-order valence-corrected chi connectivity index (χ2v) is 5.47. The fourth-order valence-electron chi connectivity index (χ4n) is 2.57. The molecule has 0 aliphatic heterocycles. The molecule has 0 radical (unpaired) electrons. The maximum atomic E-state index is 10.9. The van der Waals surface area contributed by atoms with Crippen molar-refractivity contribution in [2.24, 2.45) is 5.92 Å². The minimum atomic E-state index is -0.787. The fourth-order valence-corrected chi connectivity index (χ4v) is 2.57. The molecule has 0 saturated heterocycles. The highest BCUT2D eigenvalue weighted by molar-refractivity contribution is 5.75. The quantitative estimate of drug-likeness (QED) is 0.852. The Morgan fingerprint density at radius 3 is 2.53 bits per heavy atom. The van der Waals surface area contributed by atoms with E-state index in [-0.39, 0.29) is 0 Å². The van der Waals surface area contributed by atoms with Gasteiger partial charge in [-0.3, -0.25) is 4.79 Å². The van der Waals surface area contributed by atoms with Crippen LogP contribution in [0.5, 0.6) is 0 Å². The summed E-state index contributed by atoms with van der Waals surface area (Å²) in [6, 6.07) is 7.69. The first-order chi connectivity index (χ1) is 9.16. The predicted molar refractivity (Wildman–Crippen MR) is 74.1 cm³/mol. The van der Waals surface area contributed by atoms with Crippen molar-refractivity contribution >= 4 is 5.97 Å². The van der Waals surface area contributed by atoms with Crippen molar-refractivity contribution in [1.82, 2.24) is 0 Å². The number of carboxylic acids is 1. The lowest BCUT2D eigenvalue weighted by Crippen LogP contribution is -2.08. The van der Waals surface area contributed by atoms with Gasteiger partial charge in [0.15, 0.2) is 0 Å². The summed E-state index contributed by atoms with van der Waals surface area (Å²) in [4.78, 5) is 10.9. The van der Waals surface area contributed by atoms with Crippen LogP contribution in [0.3, 0.4) is 0 Å². The lowest BCUT2D eigenvalue weighted by atomic mass is 10.0. The summed E-state index contributed by atoms with van der Waals surface area (Å²) in [5.41, 5.74) is 1.95. The van der Waals surface area contributed by atoms with Crippen LogP contribution >= 0.6 is 0 Å². The van der Waals surface area contributed by atoms with Crippen molar-refractivity contribution in [3.8, 4) is 0 Å². The van der Waals surface area contributed by atoms with Crippen LogP contribution in [-0.2, 0) is 16.1 Å². The zero-order valence-electron chi connectivity index (χ0n) is 11.5. The van der Waals surface area contributed by atoms with E-state index in [2.05, 4.69) is 0 Å². The Hall–Kier alpha value is -1.35. The van der Waals surface area contributed by atoms with Crippen molar-refractivity contribution in [1.29, 1.82) is 0 Å². The second kappa shape index (κ2) is 6.71. The van der Waals surface area contributed by atoms with E-state index in [9.17, 15) is 4.79 Å². The molecular weight excluding hydrogens is 240 g/mol. The van der Waals surface area contributed by atoms with Crippen molar-refractivity contribution in [2.45, 2.75) is 45.1 Å². The Balaban J connectivity index is 1.79. The summed E-state index contributed by atoms with van der Waals surface area (Å²) >= 11 is 0. The van der Waals surface area contributed by atoms with Crippen molar-refractivity contribution < 1.29 is 14.6 Å². The topological polar surface area (TPSA) is 46.5 Å². The summed E-state index contributed by atoms with van der Waals surface area (Å²) in [6.07, 6.45) is 5.29. The highest BCUT2D eigenvalue weighted by atomic mass is 16.5. The smallest absolute Gasteiger partial charge is 0.310 e. The first-order valence-corrected chi connectivity index (χ1v) is 7.06. The van der Waals surface area contributed by atoms with E-state index in [1.54, 1.807) is 6.92 Å². The normalized spacial score (nSPS) is 17.5. The molecule has 0 bridgehead atoms. The van der Waals surface area contributed by atoms with Gasteiger partial charge in [-0.15, -0.1) is 0 Å². The average molecular weight is 262 g/mol. The molecule has 1 atom stereocenters. The summed E-state index contributed by atoms with van der Waals surface area (Å²) in [5.74, 6) is -0.495. The van der Waals surface area contributed by atoms with Gasteiger partial charge in [-0.25, -0.2) is 0 Å². The first kappa shape index (κ1) is 14.1. The Morgan fingerprint density at radius 1 is 1.32 bits per heavy atom. The maximum absolute atomic E-state index is 10.9. The summed E-state index contributed by atoms with van der Waals surface area (Å²) in [7, 11) is 0. The van der Waals surface area contributed by atoms with Gasteiger partial charge in [-0.2, -0.15) is 0 Å². The van der Waals surface area contributed by atoms with Crippen molar-refractivity contribution in [2.75, 3.05) is 6.61 Å². The minimum Gasteiger partial charge on any atom is -0.481 e. The lowest BCUT2D eigenvalue weighted by Gasteiger charge is -2.11. The second-order valence-electron chi connectivity index (χ2n) is 5.47. The molecule has 2 rings (SSSR count). The molecule has 1 N–H and O–H groups in total. The highest BCUT2D eigenvalue weighted by Crippen LogP contribution is 2.25. The van der Waals surface area contributed by atoms with Gasteiger partial charge in [-0.1, -0.05) is 37.1 Å². The van der Waals surface area contributed by atoms with E-state index < -0.39 is 11.9 Å². The molecule has 3 heteroatoms. The summed E-state index contributed by atoms with van der Waals surface area (Å²) < 4.78 is 5.74. The molecule has 1 aromatic carbocycles. The SMILES string of the molecule is CC(C(=O)O)c1ccc(COCC2CCCC2)cc1. The number of carbonyl (C=O) groups is 1. The molecule has 19 heavy (non-hydrogen) atoms. The molecule has 1 aromatic rings. The van der Waals surface area contributed by atoms with Crippen LogP contribution < -0.4 is 0 Å². The van der Waals surface area contributed by atoms with E-state index in [0.717, 1.165) is 23.7 Å². The standard InChI is InChI=1S/C16H22O3/c1-12(16(17)18)15-8-6-14(7-9-15)11-19-10-13-4-2-3-5-13/h6-9,12-13H,2-5,10-11H2,1H3,(H,17,18). The molecule has 1 unspecified atom stereocenters. The van der Waals surface area contributed by atoms with Crippen LogP contribution in [-0.4, -0.2) is 17.7 Å². The van der Waals surface area contributed by atoms with Gasteiger partial charge in [0.2, 0.25) is 0 Å². The molecule has 1 saturated carbocycles. The predicted octanol–water partition coefficient (Wildman–Crippen LogP) is 3.58. The molecule has 104 valence electrons. The number of hydrogen-bond donors (Lipinski definition) is 1. The lowest BCUT2D eigenvalue weighted by molar-refractivity contribution is -0.138. The number of rotatable bonds is 6. The molecule has 0 spiro atoms. The number of carboxylic acid groups (broad SMARTS) is 1. The van der Waals surface area contributed by atoms with E-state index in [1.807, 2.05) is 24.3 Å². The highest BCUT2D eigenvalue weighted by Gasteiger charge is 2.15. The van der Waals surface area contributed by atoms with Gasteiger partial charge < -0.3 is 9.84 Å². The number of aliphatic carboxylic acids is 1. The van der Waals surface area contributed by atoms with Crippen LogP contribution in [0.2, 0.25) is 0 Å². The molecule has 0 aromatic heterocycles. The van der Waals surface area contributed by atoms with Crippen LogP contribution in [0.15, 0.2) is 24.3 Å². The van der Waals surface area contributed by atoms with E-state index in [4.69, 9.17) is 9.84 Å². The Kier molecular flexibility index (Phi) is 4.97. The third-order valence-electron chi connectivity index (χ3n) is 3.95. The summed E-state index contributed by atoms with van der Waals surface area (Å²) in [5, 5.41) is 8.94. The molecule has 3 nitrogen and oxygen atoms in total. The fraction of sp³-hybridized carbons (Fsp3) is 0.562. The third-order valence-corrected chi connectivity index (χ3v) is 3.95. The zero-order valence-corrected chi connectivity index (χ0v) is 11.5. The number of benzene rings is 1. The van der Waals surface area contributed by atoms with Crippen LogP contribution in [0.4, 0.5) is 0 Å². The van der Waals surface area contributed by atoms with Crippen molar-refractivity contribution in [3.63, 3.8) is 0 Å². The van der Waals surface area contributed by atoms with Gasteiger partial charge in [0, 0.05) is 6.61 Å². The van der Waals surface area contributed by atoms with Crippen LogP contribution in [0.1, 0.15) is 49.7 Å². The largest absolute Gasteiger partial charge is 0.481 e. The Morgan fingerprint density at radius 2 is 1.95 bits per heavy atom. The molecule has 0 heterocycles. The Labute approximate surface area is 114 Å². The van der Waals surface area contributed by atoms with E-state index >= 15 is 0 Å². The van der Waals surface area contributed by atoms with Crippen molar-refractivity contribution in [3.05, 3.63) is 35.4 Å². The van der Waals surface area contributed by atoms with Gasteiger partial charge in [0.25, 0.3) is 0 Å². The van der Waals surface area contributed by atoms with E-state index in [1.165, 1.54) is 25.7 Å². The van der Waals surface area contributed by atoms with Gasteiger partial charge in [-0.05, 0) is 36.8 Å². The molecule has 1 aliphatic carbocycles. The minimum absolute atomic E-state index is 0.451. The molecule has 1 fully saturated rings.